The molecule has 3 nitrogen and oxygen atoms in total. The average Bonchev–Trinajstić information content (AvgIpc) is 2.40. The fraction of sp³-hybridized carbons (Fsp3) is 0.600. The summed E-state index contributed by atoms with van der Waals surface area (Å²) in [6.07, 6.45) is 1.09. The molecule has 1 rings (SSSR count). The highest BCUT2D eigenvalue weighted by molar-refractivity contribution is 9.10. The first-order valence-electron chi connectivity index (χ1n) is 6.94. The third-order valence-corrected chi connectivity index (χ3v) is 3.41. The van der Waals surface area contributed by atoms with Gasteiger partial charge in [-0.1, -0.05) is 28.1 Å². The van der Waals surface area contributed by atoms with Crippen molar-refractivity contribution in [2.45, 2.75) is 19.9 Å². The normalized spacial score (nSPS) is 11.2. The van der Waals surface area contributed by atoms with Gasteiger partial charge >= 0.3 is 0 Å². The van der Waals surface area contributed by atoms with Gasteiger partial charge in [-0.15, -0.1) is 0 Å². The number of nitrogens with one attached hydrogen (secondary N) is 1. The fourth-order valence-corrected chi connectivity index (χ4v) is 2.08. The molecule has 0 aliphatic carbocycles. The molecule has 0 amide bonds. The zero-order chi connectivity index (χ0) is 13.9. The molecule has 0 atom stereocenters. The van der Waals surface area contributed by atoms with Crippen molar-refractivity contribution in [3.05, 3.63) is 34.3 Å². The summed E-state index contributed by atoms with van der Waals surface area (Å²) in [6, 6.07) is 8.51. The lowest BCUT2D eigenvalue weighted by Gasteiger charge is -2.17. The molecular formula is C15H25BrN2O. The van der Waals surface area contributed by atoms with Gasteiger partial charge in [0.2, 0.25) is 0 Å². The van der Waals surface area contributed by atoms with E-state index in [9.17, 15) is 0 Å². The standard InChI is InChI=1S/C15H25BrN2O/c1-3-19-12-4-9-17-10-11-18(2)13-14-5-7-15(16)8-6-14/h5-8,17H,3-4,9-13H2,1-2H3. The van der Waals surface area contributed by atoms with Crippen molar-refractivity contribution >= 4 is 15.9 Å². The van der Waals surface area contributed by atoms with Crippen molar-refractivity contribution in [2.75, 3.05) is 39.9 Å². The van der Waals surface area contributed by atoms with Crippen LogP contribution in [0.1, 0.15) is 18.9 Å². The average molecular weight is 329 g/mol. The summed E-state index contributed by atoms with van der Waals surface area (Å²) < 4.78 is 6.43. The number of ether oxygens (including phenoxy) is 1. The summed E-state index contributed by atoms with van der Waals surface area (Å²) in [5, 5.41) is 3.44. The molecule has 0 radical (unpaired) electrons. The van der Waals surface area contributed by atoms with Crippen molar-refractivity contribution in [1.29, 1.82) is 0 Å². The third-order valence-electron chi connectivity index (χ3n) is 2.88. The number of halogens is 1. The summed E-state index contributed by atoms with van der Waals surface area (Å²) in [6.45, 7) is 7.82. The predicted octanol–water partition coefficient (Wildman–Crippen LogP) is 2.90. The van der Waals surface area contributed by atoms with E-state index in [2.05, 4.69) is 57.5 Å². The molecule has 108 valence electrons. The van der Waals surface area contributed by atoms with E-state index in [0.717, 1.165) is 50.3 Å². The Kier molecular flexibility index (Phi) is 9.08. The van der Waals surface area contributed by atoms with E-state index >= 15 is 0 Å². The number of likely N-dealkylation sites (N-methyl/N-ethyl adjacent to an activating group) is 1. The maximum absolute atomic E-state index is 5.30. The Morgan fingerprint density at radius 1 is 1.21 bits per heavy atom. The zero-order valence-corrected chi connectivity index (χ0v) is 13.6. The lowest BCUT2D eigenvalue weighted by Crippen LogP contribution is -2.29. The fourth-order valence-electron chi connectivity index (χ4n) is 1.82. The summed E-state index contributed by atoms with van der Waals surface area (Å²) in [5.74, 6) is 0. The quantitative estimate of drug-likeness (QED) is 0.668. The second kappa shape index (κ2) is 10.4. The van der Waals surface area contributed by atoms with E-state index < -0.39 is 0 Å². The van der Waals surface area contributed by atoms with Crippen LogP contribution in [0, 0.1) is 0 Å². The van der Waals surface area contributed by atoms with E-state index in [1.165, 1.54) is 5.56 Å². The first kappa shape index (κ1) is 16.6. The van der Waals surface area contributed by atoms with Crippen LogP contribution in [0.3, 0.4) is 0 Å². The van der Waals surface area contributed by atoms with Gasteiger partial charge in [0.15, 0.2) is 0 Å². The van der Waals surface area contributed by atoms with Crippen LogP contribution in [0.15, 0.2) is 28.7 Å². The number of benzene rings is 1. The van der Waals surface area contributed by atoms with Gasteiger partial charge in [-0.2, -0.15) is 0 Å². The van der Waals surface area contributed by atoms with E-state index in [4.69, 9.17) is 4.74 Å². The molecule has 0 aliphatic heterocycles. The van der Waals surface area contributed by atoms with Crippen LogP contribution in [0.4, 0.5) is 0 Å². The molecule has 4 heteroatoms. The lowest BCUT2D eigenvalue weighted by atomic mass is 10.2. The molecule has 0 aliphatic rings. The van der Waals surface area contributed by atoms with Crippen molar-refractivity contribution < 1.29 is 4.74 Å². The van der Waals surface area contributed by atoms with E-state index in [0.29, 0.717) is 0 Å². The molecule has 0 heterocycles. The largest absolute Gasteiger partial charge is 0.382 e. The second-order valence-corrected chi connectivity index (χ2v) is 5.58. The number of hydrogen-bond acceptors (Lipinski definition) is 3. The molecule has 1 aromatic rings. The maximum atomic E-state index is 5.30. The topological polar surface area (TPSA) is 24.5 Å². The van der Waals surface area contributed by atoms with Gasteiger partial charge in [0.05, 0.1) is 0 Å². The van der Waals surface area contributed by atoms with E-state index in [1.807, 2.05) is 6.92 Å². The molecule has 19 heavy (non-hydrogen) atoms. The minimum atomic E-state index is 0.815. The van der Waals surface area contributed by atoms with Crippen LogP contribution < -0.4 is 5.32 Å². The van der Waals surface area contributed by atoms with Gasteiger partial charge in [0.25, 0.3) is 0 Å². The third kappa shape index (κ3) is 8.37. The Bertz CT molecular complexity index is 329. The van der Waals surface area contributed by atoms with Crippen LogP contribution in [0.25, 0.3) is 0 Å². The number of hydrogen-bond donors (Lipinski definition) is 1. The molecule has 0 fully saturated rings. The van der Waals surface area contributed by atoms with Crippen LogP contribution in [0.2, 0.25) is 0 Å². The molecule has 0 unspecified atom stereocenters. The molecule has 0 saturated heterocycles. The monoisotopic (exact) mass is 328 g/mol. The van der Waals surface area contributed by atoms with E-state index in [1.54, 1.807) is 0 Å². The van der Waals surface area contributed by atoms with Crippen molar-refractivity contribution in [2.24, 2.45) is 0 Å². The summed E-state index contributed by atoms with van der Waals surface area (Å²) in [7, 11) is 2.16. The molecule has 0 aromatic heterocycles. The van der Waals surface area contributed by atoms with Gasteiger partial charge in [0, 0.05) is 37.3 Å². The molecule has 0 bridgehead atoms. The van der Waals surface area contributed by atoms with Crippen molar-refractivity contribution in [1.82, 2.24) is 10.2 Å². The highest BCUT2D eigenvalue weighted by Gasteiger charge is 2.00. The lowest BCUT2D eigenvalue weighted by molar-refractivity contribution is 0.144. The Labute approximate surface area is 125 Å². The number of rotatable bonds is 10. The van der Waals surface area contributed by atoms with Gasteiger partial charge in [0.1, 0.15) is 0 Å². The van der Waals surface area contributed by atoms with Crippen LogP contribution in [-0.2, 0) is 11.3 Å². The minimum absolute atomic E-state index is 0.815. The Morgan fingerprint density at radius 3 is 2.63 bits per heavy atom. The molecule has 1 aromatic carbocycles. The first-order chi connectivity index (χ1) is 9.22. The Morgan fingerprint density at radius 2 is 1.95 bits per heavy atom. The van der Waals surface area contributed by atoms with Crippen LogP contribution >= 0.6 is 15.9 Å². The Hall–Kier alpha value is -0.420. The summed E-state index contributed by atoms with van der Waals surface area (Å²) in [4.78, 5) is 2.33. The molecule has 0 saturated carbocycles. The van der Waals surface area contributed by atoms with Gasteiger partial charge in [-0.25, -0.2) is 0 Å². The summed E-state index contributed by atoms with van der Waals surface area (Å²) >= 11 is 3.45. The van der Waals surface area contributed by atoms with Crippen LogP contribution in [-0.4, -0.2) is 44.8 Å². The molecular weight excluding hydrogens is 304 g/mol. The van der Waals surface area contributed by atoms with Crippen LogP contribution in [0.5, 0.6) is 0 Å². The number of nitrogens with zero attached hydrogens (tertiary/aromatic N) is 1. The maximum Gasteiger partial charge on any atom is 0.0477 e. The van der Waals surface area contributed by atoms with Crippen molar-refractivity contribution in [3.8, 4) is 0 Å². The molecule has 1 N–H and O–H groups in total. The Balaban J connectivity index is 2.04. The second-order valence-electron chi connectivity index (χ2n) is 4.66. The SMILES string of the molecule is CCOCCCNCCN(C)Cc1ccc(Br)cc1. The predicted molar refractivity (Wildman–Crippen MR) is 84.5 cm³/mol. The minimum Gasteiger partial charge on any atom is -0.382 e. The first-order valence-corrected chi connectivity index (χ1v) is 7.73. The summed E-state index contributed by atoms with van der Waals surface area (Å²) in [5.41, 5.74) is 1.35. The molecule has 0 spiro atoms. The smallest absolute Gasteiger partial charge is 0.0477 e. The van der Waals surface area contributed by atoms with Gasteiger partial charge < -0.3 is 15.0 Å². The highest BCUT2D eigenvalue weighted by atomic mass is 79.9. The zero-order valence-electron chi connectivity index (χ0n) is 12.0. The van der Waals surface area contributed by atoms with Crippen molar-refractivity contribution in [3.63, 3.8) is 0 Å². The van der Waals surface area contributed by atoms with Gasteiger partial charge in [-0.05, 0) is 44.6 Å². The van der Waals surface area contributed by atoms with E-state index in [-0.39, 0.29) is 0 Å². The highest BCUT2D eigenvalue weighted by Crippen LogP contribution is 2.11. The van der Waals surface area contributed by atoms with Gasteiger partial charge in [-0.3, -0.25) is 0 Å².